The van der Waals surface area contributed by atoms with Gasteiger partial charge in [-0.05, 0) is 83.0 Å². The van der Waals surface area contributed by atoms with Gasteiger partial charge in [0.25, 0.3) is 0 Å². The zero-order valence-electron chi connectivity index (χ0n) is 29.2. The minimum atomic E-state index is -5.08. The van der Waals surface area contributed by atoms with Gasteiger partial charge >= 0.3 is 36.4 Å². The van der Waals surface area contributed by atoms with Crippen molar-refractivity contribution in [3.63, 3.8) is 0 Å². The van der Waals surface area contributed by atoms with Crippen molar-refractivity contribution in [1.82, 2.24) is 26.6 Å². The summed E-state index contributed by atoms with van der Waals surface area (Å²) in [4.78, 5) is 51.8. The molecule has 0 radical (unpaired) electrons. The van der Waals surface area contributed by atoms with Crippen molar-refractivity contribution in [2.24, 2.45) is 11.7 Å². The van der Waals surface area contributed by atoms with E-state index in [4.69, 9.17) is 35.4 Å². The first-order valence-electron chi connectivity index (χ1n) is 16.4. The number of nitrogens with one attached hydrogen (secondary N) is 5. The zero-order valence-corrected chi connectivity index (χ0v) is 29.2. The molecule has 2 amide bonds. The Balaban J connectivity index is 0. The third-order valence-electron chi connectivity index (χ3n) is 6.66. The summed E-state index contributed by atoms with van der Waals surface area (Å²) in [5, 5.41) is 37.5. The number of unbranched alkanes of at least 4 members (excludes halogenated alkanes) is 1. The van der Waals surface area contributed by atoms with Crippen molar-refractivity contribution in [2.75, 3.05) is 39.3 Å². The zero-order chi connectivity index (χ0) is 42.0. The molecule has 1 heterocycles. The standard InChI is InChI=1S/C25H44N6O2.3C2HF3O2/c1-2-9-24(32)31-23(18-20-19-30-22-11-4-3-10-21(20)22)25(33)29-17-8-16-28-14-6-5-13-27-15-7-12-26;3*3-2(4,5)1(6)7/h3-4,10-11,19,21-23,27-28,30H,2,5-9,12-18,26H2,1H3,(H,29,33)(H,31,32);3*(H,6,7)/t21?,22?,23-;;;/m0.../s1. The van der Waals surface area contributed by atoms with Crippen molar-refractivity contribution in [1.29, 1.82) is 0 Å². The number of amides is 2. The van der Waals surface area contributed by atoms with Crippen LogP contribution in [0.25, 0.3) is 0 Å². The van der Waals surface area contributed by atoms with E-state index in [1.807, 2.05) is 25.3 Å². The van der Waals surface area contributed by atoms with Crippen LogP contribution in [0.4, 0.5) is 39.5 Å². The van der Waals surface area contributed by atoms with Crippen LogP contribution in [-0.2, 0) is 24.0 Å². The Bertz CT molecular complexity index is 1190. The van der Waals surface area contributed by atoms with Crippen LogP contribution in [0.1, 0.15) is 51.9 Å². The van der Waals surface area contributed by atoms with Crippen molar-refractivity contribution < 1.29 is 78.8 Å². The van der Waals surface area contributed by atoms with E-state index in [1.165, 1.54) is 0 Å². The fraction of sp³-hybridized carbons (Fsp3) is 0.645. The molecule has 312 valence electrons. The summed E-state index contributed by atoms with van der Waals surface area (Å²) in [7, 11) is 0. The molecule has 0 saturated heterocycles. The second-order valence-corrected chi connectivity index (χ2v) is 11.2. The molecule has 2 rings (SSSR count). The summed E-state index contributed by atoms with van der Waals surface area (Å²) in [5.41, 5.74) is 6.62. The van der Waals surface area contributed by atoms with E-state index in [2.05, 4.69) is 38.7 Å². The van der Waals surface area contributed by atoms with Gasteiger partial charge in [-0.15, -0.1) is 0 Å². The number of rotatable bonds is 18. The summed E-state index contributed by atoms with van der Waals surface area (Å²) in [6.07, 6.45) is 0.976. The molecule has 0 saturated carbocycles. The molecule has 14 nitrogen and oxygen atoms in total. The molecule has 54 heavy (non-hydrogen) atoms. The Kier molecular flexibility index (Phi) is 26.1. The predicted octanol–water partition coefficient (Wildman–Crippen LogP) is 2.97. The summed E-state index contributed by atoms with van der Waals surface area (Å²) in [6, 6.07) is -0.303. The summed E-state index contributed by atoms with van der Waals surface area (Å²) in [5.74, 6) is -8.21. The lowest BCUT2D eigenvalue weighted by Gasteiger charge is -2.23. The molecule has 0 fully saturated rings. The molecule has 0 spiro atoms. The highest BCUT2D eigenvalue weighted by Crippen LogP contribution is 2.29. The number of alkyl halides is 9. The van der Waals surface area contributed by atoms with Crippen LogP contribution < -0.4 is 32.3 Å². The van der Waals surface area contributed by atoms with Gasteiger partial charge in [0.2, 0.25) is 11.8 Å². The third kappa shape index (κ3) is 26.4. The minimum Gasteiger partial charge on any atom is -0.475 e. The highest BCUT2D eigenvalue weighted by Gasteiger charge is 2.39. The highest BCUT2D eigenvalue weighted by molar-refractivity contribution is 5.87. The number of halogens is 9. The number of carbonyl (C=O) groups is 5. The van der Waals surface area contributed by atoms with Gasteiger partial charge in [0.1, 0.15) is 6.04 Å². The monoisotopic (exact) mass is 802 g/mol. The summed E-state index contributed by atoms with van der Waals surface area (Å²) >= 11 is 0. The molecule has 0 aromatic carbocycles. The fourth-order valence-corrected chi connectivity index (χ4v) is 4.08. The predicted molar refractivity (Wildman–Crippen MR) is 176 cm³/mol. The normalized spacial score (nSPS) is 16.3. The Hall–Kier alpha value is -4.38. The lowest BCUT2D eigenvalue weighted by Crippen LogP contribution is -2.47. The van der Waals surface area contributed by atoms with Crippen LogP contribution >= 0.6 is 0 Å². The van der Waals surface area contributed by atoms with E-state index in [1.54, 1.807) is 0 Å². The van der Waals surface area contributed by atoms with Gasteiger partial charge in [0, 0.05) is 18.9 Å². The Morgan fingerprint density at radius 3 is 1.63 bits per heavy atom. The molecular weight excluding hydrogens is 755 g/mol. The van der Waals surface area contributed by atoms with Gasteiger partial charge in [0.05, 0.1) is 6.04 Å². The van der Waals surface area contributed by atoms with Gasteiger partial charge in [-0.3, -0.25) is 9.59 Å². The van der Waals surface area contributed by atoms with Crippen molar-refractivity contribution in [3.8, 4) is 0 Å². The number of carbonyl (C=O) groups excluding carboxylic acids is 2. The van der Waals surface area contributed by atoms with E-state index in [0.29, 0.717) is 19.4 Å². The molecule has 0 aromatic rings. The maximum Gasteiger partial charge on any atom is 0.490 e. The molecule has 2 aliphatic rings. The van der Waals surface area contributed by atoms with Gasteiger partial charge in [-0.1, -0.05) is 31.2 Å². The van der Waals surface area contributed by atoms with Gasteiger partial charge in [-0.2, -0.15) is 39.5 Å². The fourth-order valence-electron chi connectivity index (χ4n) is 4.08. The van der Waals surface area contributed by atoms with Crippen LogP contribution in [0, 0.1) is 5.92 Å². The summed E-state index contributed by atoms with van der Waals surface area (Å²) < 4.78 is 95.2. The molecule has 10 N–H and O–H groups in total. The highest BCUT2D eigenvalue weighted by atomic mass is 19.4. The largest absolute Gasteiger partial charge is 0.490 e. The molecule has 1 aliphatic heterocycles. The van der Waals surface area contributed by atoms with Crippen molar-refractivity contribution in [3.05, 3.63) is 36.1 Å². The van der Waals surface area contributed by atoms with Crippen LogP contribution in [-0.4, -0.2) is 115 Å². The molecule has 0 aromatic heterocycles. The smallest absolute Gasteiger partial charge is 0.475 e. The van der Waals surface area contributed by atoms with E-state index < -0.39 is 42.5 Å². The Morgan fingerprint density at radius 2 is 1.19 bits per heavy atom. The maximum atomic E-state index is 12.9. The van der Waals surface area contributed by atoms with Crippen LogP contribution in [0.5, 0.6) is 0 Å². The average Bonchev–Trinajstić information content (AvgIpc) is 3.47. The number of carboxylic acids is 3. The van der Waals surface area contributed by atoms with Gasteiger partial charge in [-0.25, -0.2) is 14.4 Å². The van der Waals surface area contributed by atoms with Crippen LogP contribution in [0.15, 0.2) is 36.1 Å². The molecular formula is C31H47F9N6O8. The SMILES string of the molecule is CCCC(=O)N[C@@H](CC1=CNC2C=CC=CC12)C(=O)NCCCNCCCCNCCCN.O=C(O)C(F)(F)F.O=C(O)C(F)(F)F.O=C(O)C(F)(F)F. The number of fused-ring (bicyclic) bond motifs is 1. The third-order valence-corrected chi connectivity index (χ3v) is 6.66. The van der Waals surface area contributed by atoms with E-state index in [0.717, 1.165) is 70.4 Å². The molecule has 0 bridgehead atoms. The number of nitrogens with two attached hydrogens (primary N) is 1. The number of hydrogen-bond donors (Lipinski definition) is 9. The lowest BCUT2D eigenvalue weighted by atomic mass is 9.88. The average molecular weight is 803 g/mol. The molecule has 3 atom stereocenters. The first-order chi connectivity index (χ1) is 25.0. The van der Waals surface area contributed by atoms with Crippen LogP contribution in [0.2, 0.25) is 0 Å². The number of hydrogen-bond acceptors (Lipinski definition) is 9. The maximum absolute atomic E-state index is 12.9. The topological polar surface area (TPSA) is 232 Å². The number of allylic oxidation sites excluding steroid dienone is 2. The molecule has 23 heteroatoms. The second-order valence-electron chi connectivity index (χ2n) is 11.2. The minimum absolute atomic E-state index is 0.0703. The van der Waals surface area contributed by atoms with Crippen LogP contribution in [0.3, 0.4) is 0 Å². The molecule has 1 aliphatic carbocycles. The lowest BCUT2D eigenvalue weighted by molar-refractivity contribution is -0.193. The molecule has 2 unspecified atom stereocenters. The summed E-state index contributed by atoms with van der Waals surface area (Å²) in [6.45, 7) is 7.17. The van der Waals surface area contributed by atoms with E-state index in [-0.39, 0.29) is 23.8 Å². The van der Waals surface area contributed by atoms with Gasteiger partial charge in [0.15, 0.2) is 0 Å². The van der Waals surface area contributed by atoms with E-state index >= 15 is 0 Å². The first kappa shape index (κ1) is 51.7. The first-order valence-corrected chi connectivity index (χ1v) is 16.4. The number of carboxylic acid groups (broad SMARTS) is 3. The van der Waals surface area contributed by atoms with Crippen molar-refractivity contribution in [2.45, 2.75) is 82.5 Å². The van der Waals surface area contributed by atoms with Gasteiger partial charge < -0.3 is 47.6 Å². The quantitative estimate of drug-likeness (QED) is 0.0720. The van der Waals surface area contributed by atoms with Crippen molar-refractivity contribution >= 4 is 29.7 Å². The Labute approximate surface area is 304 Å². The number of aliphatic carboxylic acids is 3. The second kappa shape index (κ2) is 27.2. The Morgan fingerprint density at radius 1 is 0.741 bits per heavy atom. The van der Waals surface area contributed by atoms with E-state index in [9.17, 15) is 49.1 Å².